The summed E-state index contributed by atoms with van der Waals surface area (Å²) in [6.45, 7) is 5.27. The summed E-state index contributed by atoms with van der Waals surface area (Å²) in [6, 6.07) is 9.62. The number of benzene rings is 1. The first kappa shape index (κ1) is 19.2. The molecule has 1 atom stereocenters. The van der Waals surface area contributed by atoms with Gasteiger partial charge in [0.15, 0.2) is 0 Å². The third kappa shape index (κ3) is 7.79. The van der Waals surface area contributed by atoms with Crippen molar-refractivity contribution in [3.63, 3.8) is 0 Å². The molecule has 128 valence electrons. The molecule has 0 radical (unpaired) electrons. The van der Waals surface area contributed by atoms with Crippen LogP contribution in [0.3, 0.4) is 0 Å². The minimum absolute atomic E-state index is 0.0536. The van der Waals surface area contributed by atoms with Crippen LogP contribution in [0.1, 0.15) is 38.7 Å². The van der Waals surface area contributed by atoms with Crippen LogP contribution in [0, 0.1) is 5.92 Å². The topological polar surface area (TPSA) is 69.6 Å². The smallest absolute Gasteiger partial charge is 0.303 e. The first-order valence-electron chi connectivity index (χ1n) is 8.14. The van der Waals surface area contributed by atoms with E-state index in [9.17, 15) is 9.59 Å². The van der Waals surface area contributed by atoms with Crippen LogP contribution in [0.2, 0.25) is 0 Å². The molecule has 5 nitrogen and oxygen atoms in total. The fourth-order valence-electron chi connectivity index (χ4n) is 2.46. The number of likely N-dealkylation sites (N-methyl/N-ethyl adjacent to an activating group) is 1. The number of hydrogen-bond donors (Lipinski definition) is 2. The van der Waals surface area contributed by atoms with E-state index in [4.69, 9.17) is 5.11 Å². The van der Waals surface area contributed by atoms with Gasteiger partial charge < -0.3 is 15.3 Å². The fourth-order valence-corrected chi connectivity index (χ4v) is 2.46. The van der Waals surface area contributed by atoms with Crippen molar-refractivity contribution in [2.24, 2.45) is 5.92 Å². The zero-order valence-corrected chi connectivity index (χ0v) is 14.3. The largest absolute Gasteiger partial charge is 0.481 e. The van der Waals surface area contributed by atoms with Gasteiger partial charge in [-0.1, -0.05) is 44.2 Å². The molecule has 0 unspecified atom stereocenters. The summed E-state index contributed by atoms with van der Waals surface area (Å²) in [5.41, 5.74) is 1.09. The molecular weight excluding hydrogens is 292 g/mol. The predicted octanol–water partition coefficient (Wildman–Crippen LogP) is 2.51. The van der Waals surface area contributed by atoms with Crippen molar-refractivity contribution in [2.45, 2.75) is 45.7 Å². The molecule has 0 saturated carbocycles. The zero-order valence-electron chi connectivity index (χ0n) is 14.3. The number of nitrogens with zero attached hydrogens (tertiary/aromatic N) is 1. The van der Waals surface area contributed by atoms with Gasteiger partial charge in [-0.05, 0) is 30.9 Å². The maximum absolute atomic E-state index is 12.7. The third-order valence-corrected chi connectivity index (χ3v) is 3.60. The summed E-state index contributed by atoms with van der Waals surface area (Å²) in [5, 5.41) is 11.9. The van der Waals surface area contributed by atoms with Crippen molar-refractivity contribution < 1.29 is 14.7 Å². The Bertz CT molecular complexity index is 488. The molecule has 0 aliphatic rings. The molecule has 0 heterocycles. The summed E-state index contributed by atoms with van der Waals surface area (Å²) in [6.07, 6.45) is 1.39. The summed E-state index contributed by atoms with van der Waals surface area (Å²) in [7, 11) is 1.81. The molecule has 0 bridgehead atoms. The Morgan fingerprint density at radius 2 is 1.87 bits per heavy atom. The lowest BCUT2D eigenvalue weighted by Gasteiger charge is -2.26. The molecule has 1 aromatic carbocycles. The van der Waals surface area contributed by atoms with Crippen LogP contribution < -0.4 is 5.32 Å². The van der Waals surface area contributed by atoms with Gasteiger partial charge in [-0.2, -0.15) is 0 Å². The van der Waals surface area contributed by atoms with E-state index < -0.39 is 5.97 Å². The van der Waals surface area contributed by atoms with E-state index >= 15 is 0 Å². The molecular formula is C18H28N2O3. The zero-order chi connectivity index (χ0) is 17.2. The van der Waals surface area contributed by atoms with Gasteiger partial charge in [-0.3, -0.25) is 9.59 Å². The molecule has 0 aliphatic heterocycles. The van der Waals surface area contributed by atoms with Crippen LogP contribution in [0.4, 0.5) is 0 Å². The normalized spacial score (nSPS) is 12.2. The summed E-state index contributed by atoms with van der Waals surface area (Å²) in [4.78, 5) is 25.0. The lowest BCUT2D eigenvalue weighted by Crippen LogP contribution is -2.45. The molecule has 0 aromatic heterocycles. The van der Waals surface area contributed by atoms with E-state index in [1.54, 1.807) is 4.90 Å². The van der Waals surface area contributed by atoms with Gasteiger partial charge in [0.2, 0.25) is 5.91 Å². The average molecular weight is 320 g/mol. The highest BCUT2D eigenvalue weighted by atomic mass is 16.4. The third-order valence-electron chi connectivity index (χ3n) is 3.60. The number of carbonyl (C=O) groups is 2. The minimum atomic E-state index is -0.806. The highest BCUT2D eigenvalue weighted by Gasteiger charge is 2.22. The van der Waals surface area contributed by atoms with Crippen LogP contribution in [0.15, 0.2) is 30.3 Å². The van der Waals surface area contributed by atoms with Crippen molar-refractivity contribution in [3.05, 3.63) is 35.9 Å². The minimum Gasteiger partial charge on any atom is -0.481 e. The Morgan fingerprint density at radius 3 is 2.43 bits per heavy atom. The van der Waals surface area contributed by atoms with Gasteiger partial charge in [0, 0.05) is 20.0 Å². The van der Waals surface area contributed by atoms with Gasteiger partial charge in [0.25, 0.3) is 0 Å². The number of aliphatic carboxylic acids is 1. The second kappa shape index (κ2) is 10.0. The lowest BCUT2D eigenvalue weighted by molar-refractivity contribution is -0.137. The van der Waals surface area contributed by atoms with Crippen LogP contribution >= 0.6 is 0 Å². The van der Waals surface area contributed by atoms with Crippen LogP contribution in [-0.4, -0.2) is 41.5 Å². The maximum atomic E-state index is 12.7. The predicted molar refractivity (Wildman–Crippen MR) is 91.0 cm³/mol. The van der Waals surface area contributed by atoms with Gasteiger partial charge in [0.1, 0.15) is 0 Å². The molecule has 0 spiro atoms. The first-order chi connectivity index (χ1) is 10.9. The lowest BCUT2D eigenvalue weighted by atomic mass is 10.0. The molecule has 0 aliphatic carbocycles. The van der Waals surface area contributed by atoms with E-state index in [0.29, 0.717) is 25.4 Å². The summed E-state index contributed by atoms with van der Waals surface area (Å²) >= 11 is 0. The van der Waals surface area contributed by atoms with Crippen molar-refractivity contribution in [1.29, 1.82) is 0 Å². The standard InChI is InChI=1S/C18H28N2O3/c1-14(2)12-16(19-11-7-10-17(21)22)18(23)20(3)13-15-8-5-4-6-9-15/h4-6,8-9,14,16,19H,7,10-13H2,1-3H3,(H,21,22)/t16-/m0/s1. The van der Waals surface area contributed by atoms with Crippen molar-refractivity contribution in [2.75, 3.05) is 13.6 Å². The maximum Gasteiger partial charge on any atom is 0.303 e. The number of rotatable bonds is 10. The Hall–Kier alpha value is -1.88. The highest BCUT2D eigenvalue weighted by Crippen LogP contribution is 2.10. The van der Waals surface area contributed by atoms with Gasteiger partial charge in [-0.25, -0.2) is 0 Å². The fraction of sp³-hybridized carbons (Fsp3) is 0.556. The molecule has 0 saturated heterocycles. The van der Waals surface area contributed by atoms with Crippen molar-refractivity contribution in [1.82, 2.24) is 10.2 Å². The number of carboxylic acids is 1. The second-order valence-electron chi connectivity index (χ2n) is 6.31. The van der Waals surface area contributed by atoms with Gasteiger partial charge in [-0.15, -0.1) is 0 Å². The van der Waals surface area contributed by atoms with Crippen molar-refractivity contribution >= 4 is 11.9 Å². The average Bonchev–Trinajstić information content (AvgIpc) is 2.50. The monoisotopic (exact) mass is 320 g/mol. The molecule has 1 aromatic rings. The summed E-state index contributed by atoms with van der Waals surface area (Å²) < 4.78 is 0. The number of hydrogen-bond acceptors (Lipinski definition) is 3. The second-order valence-corrected chi connectivity index (χ2v) is 6.31. The molecule has 2 N–H and O–H groups in total. The Balaban J connectivity index is 2.57. The molecule has 0 fully saturated rings. The molecule has 23 heavy (non-hydrogen) atoms. The Kier molecular flexibility index (Phi) is 8.33. The SMILES string of the molecule is CC(C)C[C@H](NCCCC(=O)O)C(=O)N(C)Cc1ccccc1. The summed E-state index contributed by atoms with van der Waals surface area (Å²) in [5.74, 6) is -0.362. The van der Waals surface area contributed by atoms with Crippen LogP contribution in [-0.2, 0) is 16.1 Å². The Labute approximate surface area is 138 Å². The number of amides is 1. The van der Waals surface area contributed by atoms with E-state index in [2.05, 4.69) is 19.2 Å². The van der Waals surface area contributed by atoms with Crippen molar-refractivity contribution in [3.8, 4) is 0 Å². The van der Waals surface area contributed by atoms with Gasteiger partial charge in [0.05, 0.1) is 6.04 Å². The van der Waals surface area contributed by atoms with Gasteiger partial charge >= 0.3 is 5.97 Å². The van der Waals surface area contributed by atoms with Crippen LogP contribution in [0.25, 0.3) is 0 Å². The number of nitrogens with one attached hydrogen (secondary N) is 1. The molecule has 1 rings (SSSR count). The van der Waals surface area contributed by atoms with E-state index in [-0.39, 0.29) is 18.4 Å². The Morgan fingerprint density at radius 1 is 1.22 bits per heavy atom. The van der Waals surface area contributed by atoms with E-state index in [1.165, 1.54) is 0 Å². The van der Waals surface area contributed by atoms with Crippen LogP contribution in [0.5, 0.6) is 0 Å². The molecule has 1 amide bonds. The number of carboxylic acid groups (broad SMARTS) is 1. The first-order valence-corrected chi connectivity index (χ1v) is 8.14. The highest BCUT2D eigenvalue weighted by molar-refractivity contribution is 5.81. The number of carbonyl (C=O) groups excluding carboxylic acids is 1. The quantitative estimate of drug-likeness (QED) is 0.650. The van der Waals surface area contributed by atoms with E-state index in [1.807, 2.05) is 37.4 Å². The molecule has 5 heteroatoms. The van der Waals surface area contributed by atoms with E-state index in [0.717, 1.165) is 12.0 Å².